The number of amidine groups is 1. The number of Topliss-reactive ketones (excluding diaryl/α,β-unsaturated/α-hetero) is 2. The number of rotatable bonds is 1. The molecular weight excluding hydrogens is 338 g/mol. The molecule has 3 atom stereocenters. The molecule has 0 aromatic heterocycles. The Morgan fingerprint density at radius 1 is 0.926 bits per heavy atom. The van der Waals surface area contributed by atoms with Crippen molar-refractivity contribution in [1.29, 1.82) is 5.26 Å². The summed E-state index contributed by atoms with van der Waals surface area (Å²) in [5, 5.41) is 8.94. The van der Waals surface area contributed by atoms with Crippen LogP contribution in [0.4, 0.5) is 0 Å². The van der Waals surface area contributed by atoms with E-state index in [0.29, 0.717) is 28.3 Å². The molecule has 5 nitrogen and oxygen atoms in total. The van der Waals surface area contributed by atoms with E-state index in [9.17, 15) is 9.59 Å². The molecule has 0 radical (unpaired) electrons. The average Bonchev–Trinajstić information content (AvgIpc) is 3.16. The smallest absolute Gasteiger partial charge is 0.171 e. The van der Waals surface area contributed by atoms with E-state index in [1.165, 1.54) is 0 Å². The van der Waals surface area contributed by atoms with Crippen LogP contribution in [0.15, 0.2) is 81.9 Å². The number of hydrogen-bond acceptors (Lipinski definition) is 5. The van der Waals surface area contributed by atoms with Crippen molar-refractivity contribution in [1.82, 2.24) is 0 Å². The monoisotopic (exact) mass is 351 g/mol. The Labute approximate surface area is 155 Å². The summed E-state index contributed by atoms with van der Waals surface area (Å²) in [6.45, 7) is 0. The van der Waals surface area contributed by atoms with E-state index in [-0.39, 0.29) is 11.6 Å². The molecular formula is C22H13N3O2. The van der Waals surface area contributed by atoms with Gasteiger partial charge in [0.05, 0.1) is 29.2 Å². The zero-order valence-corrected chi connectivity index (χ0v) is 14.2. The normalized spacial score (nSPS) is 27.6. The molecule has 0 saturated carbocycles. The molecule has 1 heterocycles. The van der Waals surface area contributed by atoms with Crippen LogP contribution in [0, 0.1) is 23.2 Å². The zero-order chi connectivity index (χ0) is 18.5. The highest BCUT2D eigenvalue weighted by atomic mass is 16.1. The minimum atomic E-state index is -0.535. The summed E-state index contributed by atoms with van der Waals surface area (Å²) in [5.41, 5.74) is 2.91. The van der Waals surface area contributed by atoms with Crippen LogP contribution in [0.2, 0.25) is 0 Å². The minimum absolute atomic E-state index is 0.0347. The standard InChI is InChI=1S/C22H13N3O2/c23-11-12-5-7-13(8-6-12)22-24-17-10-9-16-18(19(17)25-22)21(27)15-4-2-1-3-14(15)20(16)26/h1-10,14-15,19H/t14-,15-,19-/m1/s1. The minimum Gasteiger partial charge on any atom is -0.294 e. The van der Waals surface area contributed by atoms with Crippen molar-refractivity contribution in [3.8, 4) is 6.07 Å². The third-order valence-electron chi connectivity index (χ3n) is 5.29. The van der Waals surface area contributed by atoms with Crippen LogP contribution in [0.3, 0.4) is 0 Å². The van der Waals surface area contributed by atoms with Crippen LogP contribution in [-0.4, -0.2) is 29.2 Å². The van der Waals surface area contributed by atoms with E-state index < -0.39 is 17.9 Å². The maximum Gasteiger partial charge on any atom is 0.171 e. The highest BCUT2D eigenvalue weighted by Crippen LogP contribution is 2.38. The van der Waals surface area contributed by atoms with E-state index >= 15 is 0 Å². The van der Waals surface area contributed by atoms with Crippen molar-refractivity contribution in [2.75, 3.05) is 0 Å². The lowest BCUT2D eigenvalue weighted by atomic mass is 9.69. The van der Waals surface area contributed by atoms with Gasteiger partial charge < -0.3 is 0 Å². The van der Waals surface area contributed by atoms with Crippen molar-refractivity contribution in [3.63, 3.8) is 0 Å². The first kappa shape index (κ1) is 15.6. The number of aliphatic imine (C=N–C) groups is 2. The molecule has 27 heavy (non-hydrogen) atoms. The second-order valence-corrected chi connectivity index (χ2v) is 6.79. The van der Waals surface area contributed by atoms with Crippen molar-refractivity contribution >= 4 is 23.1 Å². The molecule has 0 fully saturated rings. The number of carbonyl (C=O) groups is 2. The fraction of sp³-hybridized carbons (Fsp3) is 0.136. The topological polar surface area (TPSA) is 82.7 Å². The van der Waals surface area contributed by atoms with Gasteiger partial charge in [-0.15, -0.1) is 0 Å². The second-order valence-electron chi connectivity index (χ2n) is 6.79. The molecule has 5 heteroatoms. The van der Waals surface area contributed by atoms with Crippen LogP contribution in [0.5, 0.6) is 0 Å². The van der Waals surface area contributed by atoms with E-state index in [1.807, 2.05) is 12.2 Å². The molecule has 1 aromatic rings. The van der Waals surface area contributed by atoms with E-state index in [4.69, 9.17) is 5.26 Å². The van der Waals surface area contributed by atoms with Crippen LogP contribution in [0.1, 0.15) is 11.1 Å². The molecule has 0 spiro atoms. The summed E-state index contributed by atoms with van der Waals surface area (Å²) >= 11 is 0. The molecule has 0 unspecified atom stereocenters. The number of nitriles is 1. The molecule has 128 valence electrons. The Balaban J connectivity index is 1.58. The summed E-state index contributed by atoms with van der Waals surface area (Å²) in [7, 11) is 0. The zero-order valence-electron chi connectivity index (χ0n) is 14.2. The maximum atomic E-state index is 13.1. The number of carbonyl (C=O) groups excluding carboxylic acids is 2. The fourth-order valence-electron chi connectivity index (χ4n) is 3.93. The number of nitrogens with zero attached hydrogens (tertiary/aromatic N) is 3. The van der Waals surface area contributed by atoms with Crippen molar-refractivity contribution < 1.29 is 9.59 Å². The van der Waals surface area contributed by atoms with Crippen LogP contribution in [-0.2, 0) is 9.59 Å². The number of hydrogen-bond donors (Lipinski definition) is 0. The summed E-state index contributed by atoms with van der Waals surface area (Å²) in [5.74, 6) is -0.454. The van der Waals surface area contributed by atoms with Crippen LogP contribution < -0.4 is 0 Å². The lowest BCUT2D eigenvalue weighted by Gasteiger charge is -2.32. The van der Waals surface area contributed by atoms with E-state index in [0.717, 1.165) is 5.56 Å². The Morgan fingerprint density at radius 3 is 2.33 bits per heavy atom. The first-order valence-electron chi connectivity index (χ1n) is 8.70. The van der Waals surface area contributed by atoms with Crippen molar-refractivity contribution in [2.24, 2.45) is 21.8 Å². The molecule has 0 bridgehead atoms. The van der Waals surface area contributed by atoms with Crippen LogP contribution in [0.25, 0.3) is 0 Å². The quantitative estimate of drug-likeness (QED) is 0.779. The molecule has 4 aliphatic rings. The predicted octanol–water partition coefficient (Wildman–Crippen LogP) is 2.50. The molecule has 0 saturated heterocycles. The fourth-order valence-corrected chi connectivity index (χ4v) is 3.93. The first-order chi connectivity index (χ1) is 13.2. The molecule has 1 aliphatic heterocycles. The lowest BCUT2D eigenvalue weighted by Crippen LogP contribution is -2.41. The SMILES string of the molecule is N#Cc1ccc(C2=N[C@@H]3C(=N2)C=CC2=C3C(=O)[C@@H]3C=CC=C[C@H]3C2=O)cc1. The van der Waals surface area contributed by atoms with Crippen molar-refractivity contribution in [2.45, 2.75) is 6.04 Å². The number of allylic oxidation sites excluding steroid dienone is 6. The number of ketones is 2. The second kappa shape index (κ2) is 5.68. The van der Waals surface area contributed by atoms with Gasteiger partial charge in [-0.3, -0.25) is 14.6 Å². The Bertz CT molecular complexity index is 1120. The Hall–Kier alpha value is -3.65. The van der Waals surface area contributed by atoms with Gasteiger partial charge in [-0.05, 0) is 36.4 Å². The third kappa shape index (κ3) is 2.24. The van der Waals surface area contributed by atoms with E-state index in [1.54, 1.807) is 48.6 Å². The molecule has 3 aliphatic carbocycles. The van der Waals surface area contributed by atoms with Gasteiger partial charge in [0.15, 0.2) is 17.4 Å². The number of fused-ring (bicyclic) bond motifs is 3. The molecule has 0 amide bonds. The van der Waals surface area contributed by atoms with Gasteiger partial charge in [-0.2, -0.15) is 5.26 Å². The average molecular weight is 351 g/mol. The molecule has 5 rings (SSSR count). The van der Waals surface area contributed by atoms with Gasteiger partial charge in [0, 0.05) is 16.7 Å². The summed E-state index contributed by atoms with van der Waals surface area (Å²) in [6, 6.07) is 8.54. The highest BCUT2D eigenvalue weighted by molar-refractivity contribution is 6.27. The first-order valence-corrected chi connectivity index (χ1v) is 8.70. The van der Waals surface area contributed by atoms with Gasteiger partial charge in [-0.1, -0.05) is 24.3 Å². The summed E-state index contributed by atoms with van der Waals surface area (Å²) in [4.78, 5) is 35.2. The predicted molar refractivity (Wildman–Crippen MR) is 100 cm³/mol. The summed E-state index contributed by atoms with van der Waals surface area (Å²) < 4.78 is 0. The maximum absolute atomic E-state index is 13.1. The molecule has 0 N–H and O–H groups in total. The largest absolute Gasteiger partial charge is 0.294 e. The third-order valence-corrected chi connectivity index (χ3v) is 5.29. The Kier molecular flexibility index (Phi) is 3.28. The van der Waals surface area contributed by atoms with Gasteiger partial charge in [-0.25, -0.2) is 4.99 Å². The van der Waals surface area contributed by atoms with E-state index in [2.05, 4.69) is 16.1 Å². The van der Waals surface area contributed by atoms with Crippen LogP contribution >= 0.6 is 0 Å². The Morgan fingerprint density at radius 2 is 1.63 bits per heavy atom. The highest BCUT2D eigenvalue weighted by Gasteiger charge is 2.46. The van der Waals surface area contributed by atoms with Gasteiger partial charge in [0.25, 0.3) is 0 Å². The van der Waals surface area contributed by atoms with Gasteiger partial charge in [0.2, 0.25) is 0 Å². The summed E-state index contributed by atoms with van der Waals surface area (Å²) in [6.07, 6.45) is 10.7. The van der Waals surface area contributed by atoms with Gasteiger partial charge >= 0.3 is 0 Å². The van der Waals surface area contributed by atoms with Crippen molar-refractivity contribution in [3.05, 3.63) is 83.0 Å². The molecule has 1 aromatic carbocycles. The number of benzene rings is 1. The lowest BCUT2D eigenvalue weighted by molar-refractivity contribution is -0.127. The van der Waals surface area contributed by atoms with Gasteiger partial charge in [0.1, 0.15) is 6.04 Å².